The van der Waals surface area contributed by atoms with Gasteiger partial charge in [0.15, 0.2) is 28.3 Å². The Labute approximate surface area is 261 Å². The molecule has 0 bridgehead atoms. The van der Waals surface area contributed by atoms with Gasteiger partial charge in [0.2, 0.25) is 0 Å². The first kappa shape index (κ1) is 29.7. The van der Waals surface area contributed by atoms with Crippen molar-refractivity contribution in [3.8, 4) is 17.2 Å². The van der Waals surface area contributed by atoms with Gasteiger partial charge in [0.1, 0.15) is 17.2 Å². The first-order valence-corrected chi connectivity index (χ1v) is 16.7. The van der Waals surface area contributed by atoms with Crippen LogP contribution in [0, 0.1) is 0 Å². The van der Waals surface area contributed by atoms with Gasteiger partial charge in [-0.15, -0.1) is 0 Å². The fourth-order valence-corrected chi connectivity index (χ4v) is 7.43. The molecule has 14 heteroatoms. The van der Waals surface area contributed by atoms with Gasteiger partial charge in [0.25, 0.3) is 10.0 Å². The Hall–Kier alpha value is -4.01. The lowest BCUT2D eigenvalue weighted by atomic mass is 10.1. The maximum atomic E-state index is 13.8. The zero-order valence-corrected chi connectivity index (χ0v) is 26.3. The van der Waals surface area contributed by atoms with E-state index in [1.165, 1.54) is 14.2 Å². The lowest BCUT2D eigenvalue weighted by Gasteiger charge is -2.24. The maximum absolute atomic E-state index is 13.8. The molecule has 3 fully saturated rings. The Kier molecular flexibility index (Phi) is 7.96. The molecule has 0 radical (unpaired) electrons. The van der Waals surface area contributed by atoms with Gasteiger partial charge < -0.3 is 33.5 Å². The zero-order valence-electron chi connectivity index (χ0n) is 25.5. The molecule has 4 heterocycles. The molecule has 2 N–H and O–H groups in total. The van der Waals surface area contributed by atoms with E-state index < -0.39 is 10.0 Å². The van der Waals surface area contributed by atoms with Crippen molar-refractivity contribution in [2.45, 2.75) is 68.1 Å². The Bertz CT molecular complexity index is 1780. The lowest BCUT2D eigenvalue weighted by Crippen LogP contribution is -2.20. The van der Waals surface area contributed by atoms with E-state index in [1.807, 2.05) is 4.68 Å². The normalized spacial score (nSPS) is 20.3. The molecule has 0 amide bonds. The van der Waals surface area contributed by atoms with Crippen LogP contribution in [-0.4, -0.2) is 57.9 Å². The summed E-state index contributed by atoms with van der Waals surface area (Å²) < 4.78 is 66.2. The van der Waals surface area contributed by atoms with Crippen LogP contribution in [0.2, 0.25) is 0 Å². The first-order chi connectivity index (χ1) is 21.9. The molecule has 45 heavy (non-hydrogen) atoms. The number of fused-ring (bicyclic) bond motifs is 1. The van der Waals surface area contributed by atoms with Crippen LogP contribution < -0.4 is 24.2 Å². The number of aromatic nitrogens is 3. The highest BCUT2D eigenvalue weighted by Gasteiger charge is 2.33. The summed E-state index contributed by atoms with van der Waals surface area (Å²) in [5.41, 5.74) is 2.90. The third kappa shape index (κ3) is 5.77. The summed E-state index contributed by atoms with van der Waals surface area (Å²) in [6, 6.07) is 8.79. The predicted octanol–water partition coefficient (Wildman–Crippen LogP) is 6.02. The van der Waals surface area contributed by atoms with Crippen molar-refractivity contribution in [2.75, 3.05) is 44.6 Å². The number of sulfonamides is 1. The summed E-state index contributed by atoms with van der Waals surface area (Å²) in [6.07, 6.45) is 6.93. The van der Waals surface area contributed by atoms with Crippen LogP contribution in [0.25, 0.3) is 11.0 Å². The third-order valence-electron chi connectivity index (χ3n) is 8.53. The molecule has 2 aromatic carbocycles. The van der Waals surface area contributed by atoms with Crippen LogP contribution in [-0.2, 0) is 19.5 Å². The SMILES string of the molecule is COc1cc2c(NS(=O)(=O)c3c(OC)cc([C@@H]4CCCO4)cc3OC)noc2cc1Nc1cc(C2CC2)n(C2CCCCO2)n1. The van der Waals surface area contributed by atoms with Crippen LogP contribution in [0.1, 0.15) is 74.5 Å². The molecular weight excluding hydrogens is 602 g/mol. The Morgan fingerprint density at radius 3 is 2.27 bits per heavy atom. The monoisotopic (exact) mass is 639 g/mol. The Morgan fingerprint density at radius 1 is 0.867 bits per heavy atom. The number of methoxy groups -OCH3 is 3. The highest BCUT2D eigenvalue weighted by Crippen LogP contribution is 2.44. The van der Waals surface area contributed by atoms with Gasteiger partial charge in [0, 0.05) is 37.0 Å². The topological polar surface area (TPSA) is 148 Å². The van der Waals surface area contributed by atoms with Crippen LogP contribution in [0.15, 0.2) is 39.8 Å². The second-order valence-electron chi connectivity index (χ2n) is 11.6. The van der Waals surface area contributed by atoms with E-state index in [2.05, 4.69) is 21.3 Å². The quantitative estimate of drug-likeness (QED) is 0.198. The number of hydrogen-bond donors (Lipinski definition) is 2. The van der Waals surface area contributed by atoms with Gasteiger partial charge in [-0.2, -0.15) is 5.10 Å². The molecule has 2 saturated heterocycles. The molecule has 1 aliphatic carbocycles. The van der Waals surface area contributed by atoms with Crippen molar-refractivity contribution in [3.05, 3.63) is 41.6 Å². The number of nitrogens with zero attached hydrogens (tertiary/aromatic N) is 3. The van der Waals surface area contributed by atoms with E-state index in [0.717, 1.165) is 62.8 Å². The first-order valence-electron chi connectivity index (χ1n) is 15.2. The van der Waals surface area contributed by atoms with Gasteiger partial charge in [-0.25, -0.2) is 13.1 Å². The summed E-state index contributed by atoms with van der Waals surface area (Å²) in [6.45, 7) is 1.39. The molecule has 1 unspecified atom stereocenters. The van der Waals surface area contributed by atoms with E-state index >= 15 is 0 Å². The van der Waals surface area contributed by atoms with Crippen molar-refractivity contribution in [3.63, 3.8) is 0 Å². The molecule has 1 saturated carbocycles. The van der Waals surface area contributed by atoms with Crippen molar-refractivity contribution >= 4 is 38.3 Å². The molecule has 240 valence electrons. The summed E-state index contributed by atoms with van der Waals surface area (Å²) in [4.78, 5) is -0.153. The smallest absolute Gasteiger partial charge is 0.270 e. The summed E-state index contributed by atoms with van der Waals surface area (Å²) >= 11 is 0. The highest BCUT2D eigenvalue weighted by molar-refractivity contribution is 7.93. The van der Waals surface area contributed by atoms with Crippen molar-refractivity contribution in [1.29, 1.82) is 0 Å². The van der Waals surface area contributed by atoms with Crippen LogP contribution in [0.3, 0.4) is 0 Å². The van der Waals surface area contributed by atoms with Gasteiger partial charge in [-0.1, -0.05) is 5.16 Å². The fraction of sp³-hybridized carbons (Fsp3) is 0.484. The molecule has 2 atom stereocenters. The Balaban J connectivity index is 1.18. The minimum Gasteiger partial charge on any atom is -0.495 e. The van der Waals surface area contributed by atoms with Crippen LogP contribution in [0.5, 0.6) is 17.2 Å². The molecule has 2 aliphatic heterocycles. The number of hydrogen-bond acceptors (Lipinski definition) is 11. The molecule has 2 aromatic heterocycles. The second-order valence-corrected chi connectivity index (χ2v) is 13.2. The average Bonchev–Trinajstić information content (AvgIpc) is 3.41. The molecule has 3 aliphatic rings. The molecule has 0 spiro atoms. The van der Waals surface area contributed by atoms with Crippen molar-refractivity contribution in [1.82, 2.24) is 14.9 Å². The van der Waals surface area contributed by atoms with Gasteiger partial charge in [0.05, 0.1) is 38.5 Å². The van der Waals surface area contributed by atoms with Gasteiger partial charge >= 0.3 is 0 Å². The fourth-order valence-electron chi connectivity index (χ4n) is 6.11. The van der Waals surface area contributed by atoms with Crippen LogP contribution >= 0.6 is 0 Å². The maximum Gasteiger partial charge on any atom is 0.270 e. The Morgan fingerprint density at radius 2 is 1.62 bits per heavy atom. The summed E-state index contributed by atoms with van der Waals surface area (Å²) in [5, 5.41) is 12.7. The molecular formula is C31H37N5O8S. The number of nitrogens with one attached hydrogen (secondary N) is 2. The minimum absolute atomic E-state index is 0.00287. The summed E-state index contributed by atoms with van der Waals surface area (Å²) in [5.74, 6) is 1.86. The lowest BCUT2D eigenvalue weighted by molar-refractivity contribution is -0.0409. The second kappa shape index (κ2) is 12.1. The predicted molar refractivity (Wildman–Crippen MR) is 165 cm³/mol. The number of rotatable bonds is 11. The number of anilines is 3. The zero-order chi connectivity index (χ0) is 31.1. The molecule has 7 rings (SSSR count). The van der Waals surface area contributed by atoms with Gasteiger partial charge in [-0.3, -0.25) is 4.72 Å². The van der Waals surface area contributed by atoms with Crippen molar-refractivity contribution < 1.29 is 36.6 Å². The average molecular weight is 640 g/mol. The van der Waals surface area contributed by atoms with E-state index in [0.29, 0.717) is 40.7 Å². The van der Waals surface area contributed by atoms with E-state index in [1.54, 1.807) is 31.4 Å². The minimum atomic E-state index is -4.24. The highest BCUT2D eigenvalue weighted by atomic mass is 32.2. The molecule has 4 aromatic rings. The summed E-state index contributed by atoms with van der Waals surface area (Å²) in [7, 11) is 0.130. The molecule has 13 nitrogen and oxygen atoms in total. The van der Waals surface area contributed by atoms with E-state index in [9.17, 15) is 8.42 Å². The third-order valence-corrected chi connectivity index (χ3v) is 9.93. The standard InChI is InChI=1S/C31H37N5O8S/c1-39-25-15-20-24(16-21(25)32-28-17-22(18-9-10-18)36(33-28)29-8-4-5-11-43-29)44-34-31(20)35-45(37,38)30-26(40-2)13-19(14-27(30)41-3)23-7-6-12-42-23/h13-18,23,29H,4-12H2,1-3H3,(H,32,33)(H,34,35)/t23-,29?/m0/s1. The number of benzene rings is 2. The number of ether oxygens (including phenoxy) is 5. The van der Waals surface area contributed by atoms with E-state index in [-0.39, 0.29) is 34.5 Å². The van der Waals surface area contributed by atoms with Crippen LogP contribution in [0.4, 0.5) is 17.3 Å². The largest absolute Gasteiger partial charge is 0.495 e. The van der Waals surface area contributed by atoms with Crippen molar-refractivity contribution in [2.24, 2.45) is 0 Å². The van der Waals surface area contributed by atoms with Gasteiger partial charge in [-0.05, 0) is 68.7 Å². The van der Waals surface area contributed by atoms with E-state index in [4.69, 9.17) is 33.3 Å².